The molecule has 3 aromatic rings. The van der Waals surface area contributed by atoms with E-state index in [1.54, 1.807) is 0 Å². The summed E-state index contributed by atoms with van der Waals surface area (Å²) in [6, 6.07) is 12.2. The number of rotatable bonds is 3. The molecule has 0 aliphatic rings. The van der Waals surface area contributed by atoms with Crippen molar-refractivity contribution in [2.45, 2.75) is 19.8 Å². The maximum atomic E-state index is 5.86. The number of nitrogens with two attached hydrogens (primary N) is 2. The maximum absolute atomic E-state index is 5.86. The lowest BCUT2D eigenvalue weighted by molar-refractivity contribution is 0.866. The van der Waals surface area contributed by atoms with Crippen LogP contribution in [0.1, 0.15) is 36.6 Å². The molecule has 0 saturated heterocycles. The number of anilines is 2. The number of benzene rings is 1. The van der Waals surface area contributed by atoms with Gasteiger partial charge in [0.05, 0.1) is 11.2 Å². The lowest BCUT2D eigenvalue weighted by atomic mass is 10.0. The van der Waals surface area contributed by atoms with Crippen molar-refractivity contribution in [3.8, 4) is 0 Å². The van der Waals surface area contributed by atoms with Crippen LogP contribution in [-0.4, -0.2) is 15.0 Å². The Hall–Kier alpha value is -2.95. The molecule has 0 atom stereocenters. The van der Waals surface area contributed by atoms with Gasteiger partial charge in [0.25, 0.3) is 0 Å². The van der Waals surface area contributed by atoms with Crippen LogP contribution in [0.15, 0.2) is 36.4 Å². The molecule has 5 heteroatoms. The highest BCUT2D eigenvalue weighted by molar-refractivity contribution is 5.86. The summed E-state index contributed by atoms with van der Waals surface area (Å²) in [5, 5.41) is 0. The molecule has 3 rings (SSSR count). The molecule has 0 amide bonds. The van der Waals surface area contributed by atoms with E-state index >= 15 is 0 Å². The molecule has 2 aromatic heterocycles. The number of nitrogen functional groups attached to an aromatic ring is 2. The number of nitrogens with zero attached hydrogens (tertiary/aromatic N) is 3. The average molecular weight is 305 g/mol. The summed E-state index contributed by atoms with van der Waals surface area (Å²) in [5.74, 6) is 0.986. The molecule has 5 nitrogen and oxygen atoms in total. The predicted molar refractivity (Wildman–Crippen MR) is 95.6 cm³/mol. The summed E-state index contributed by atoms with van der Waals surface area (Å²) in [4.78, 5) is 12.6. The first kappa shape index (κ1) is 15.0. The molecular weight excluding hydrogens is 286 g/mol. The first-order valence-electron chi connectivity index (χ1n) is 7.51. The number of hydrogen-bond acceptors (Lipinski definition) is 5. The zero-order valence-electron chi connectivity index (χ0n) is 13.2. The smallest absolute Gasteiger partial charge is 0.222 e. The Morgan fingerprint density at radius 2 is 1.61 bits per heavy atom. The second-order valence-electron chi connectivity index (χ2n) is 5.73. The molecule has 23 heavy (non-hydrogen) atoms. The molecule has 0 bridgehead atoms. The Bertz CT molecular complexity index is 866. The van der Waals surface area contributed by atoms with Gasteiger partial charge in [0, 0.05) is 0 Å². The lowest BCUT2D eigenvalue weighted by Gasteiger charge is -2.05. The van der Waals surface area contributed by atoms with Gasteiger partial charge in [-0.1, -0.05) is 44.2 Å². The first-order valence-corrected chi connectivity index (χ1v) is 7.51. The Morgan fingerprint density at radius 1 is 0.870 bits per heavy atom. The van der Waals surface area contributed by atoms with Crippen LogP contribution in [-0.2, 0) is 0 Å². The SMILES string of the molecule is CC(C)c1ccc(/C=C/c2ccc3nc(N)nc(N)c3n2)cc1. The third kappa shape index (κ3) is 3.29. The Morgan fingerprint density at radius 3 is 2.30 bits per heavy atom. The summed E-state index contributed by atoms with van der Waals surface area (Å²) < 4.78 is 0. The fourth-order valence-corrected chi connectivity index (χ4v) is 2.34. The summed E-state index contributed by atoms with van der Waals surface area (Å²) in [6.07, 6.45) is 3.96. The van der Waals surface area contributed by atoms with Crippen molar-refractivity contribution in [1.82, 2.24) is 15.0 Å². The van der Waals surface area contributed by atoms with Gasteiger partial charge >= 0.3 is 0 Å². The van der Waals surface area contributed by atoms with Gasteiger partial charge in [-0.05, 0) is 35.3 Å². The maximum Gasteiger partial charge on any atom is 0.222 e. The summed E-state index contributed by atoms with van der Waals surface area (Å²) in [7, 11) is 0. The first-order chi connectivity index (χ1) is 11.0. The normalized spacial score (nSPS) is 11.6. The van der Waals surface area contributed by atoms with Crippen molar-refractivity contribution in [3.63, 3.8) is 0 Å². The molecule has 0 aliphatic carbocycles. The van der Waals surface area contributed by atoms with Crippen molar-refractivity contribution < 1.29 is 0 Å². The van der Waals surface area contributed by atoms with Crippen LogP contribution >= 0.6 is 0 Å². The van der Waals surface area contributed by atoms with Crippen LogP contribution in [0, 0.1) is 0 Å². The van der Waals surface area contributed by atoms with Crippen LogP contribution in [0.25, 0.3) is 23.2 Å². The molecule has 116 valence electrons. The van der Waals surface area contributed by atoms with Crippen molar-refractivity contribution in [2.24, 2.45) is 0 Å². The van der Waals surface area contributed by atoms with E-state index in [2.05, 4.69) is 53.1 Å². The lowest BCUT2D eigenvalue weighted by Crippen LogP contribution is -2.02. The molecule has 0 unspecified atom stereocenters. The van der Waals surface area contributed by atoms with Gasteiger partial charge in [-0.15, -0.1) is 0 Å². The fraction of sp³-hybridized carbons (Fsp3) is 0.167. The van der Waals surface area contributed by atoms with Crippen molar-refractivity contribution >= 4 is 35.0 Å². The molecule has 1 aromatic carbocycles. The van der Waals surface area contributed by atoms with Crippen LogP contribution < -0.4 is 11.5 Å². The second kappa shape index (κ2) is 6.04. The Kier molecular flexibility index (Phi) is 3.93. The van der Waals surface area contributed by atoms with E-state index in [1.807, 2.05) is 24.3 Å². The van der Waals surface area contributed by atoms with E-state index < -0.39 is 0 Å². The highest BCUT2D eigenvalue weighted by Gasteiger charge is 2.05. The van der Waals surface area contributed by atoms with Gasteiger partial charge in [-0.2, -0.15) is 4.98 Å². The van der Waals surface area contributed by atoms with Crippen LogP contribution in [0.5, 0.6) is 0 Å². The van der Waals surface area contributed by atoms with Gasteiger partial charge < -0.3 is 11.5 Å². The van der Waals surface area contributed by atoms with Crippen LogP contribution in [0.2, 0.25) is 0 Å². The van der Waals surface area contributed by atoms with E-state index in [0.29, 0.717) is 22.8 Å². The predicted octanol–water partition coefficient (Wildman–Crippen LogP) is 3.48. The Labute approximate surface area is 135 Å². The van der Waals surface area contributed by atoms with E-state index in [-0.39, 0.29) is 5.95 Å². The molecule has 2 heterocycles. The topological polar surface area (TPSA) is 90.7 Å². The quantitative estimate of drug-likeness (QED) is 0.773. The third-order valence-corrected chi connectivity index (χ3v) is 3.66. The zero-order valence-corrected chi connectivity index (χ0v) is 13.2. The highest BCUT2D eigenvalue weighted by Crippen LogP contribution is 2.19. The minimum absolute atomic E-state index is 0.158. The molecule has 0 aliphatic heterocycles. The molecule has 0 spiro atoms. The highest BCUT2D eigenvalue weighted by atomic mass is 15.0. The van der Waals surface area contributed by atoms with Crippen molar-refractivity contribution in [2.75, 3.05) is 11.5 Å². The van der Waals surface area contributed by atoms with Crippen LogP contribution in [0.4, 0.5) is 11.8 Å². The molecular formula is C18H19N5. The Balaban J connectivity index is 1.88. The minimum Gasteiger partial charge on any atom is -0.382 e. The van der Waals surface area contributed by atoms with Crippen LogP contribution in [0.3, 0.4) is 0 Å². The number of pyridine rings is 1. The molecule has 0 fully saturated rings. The van der Waals surface area contributed by atoms with Gasteiger partial charge in [-0.3, -0.25) is 0 Å². The standard InChI is InChI=1S/C18H19N5/c1-11(2)13-6-3-12(4-7-13)5-8-14-9-10-15-16(21-14)17(19)23-18(20)22-15/h3-11H,1-2H3,(H4,19,20,22,23)/b8-5+. The van der Waals surface area contributed by atoms with Gasteiger partial charge in [-0.25, -0.2) is 9.97 Å². The van der Waals surface area contributed by atoms with E-state index in [4.69, 9.17) is 11.5 Å². The van der Waals surface area contributed by atoms with Crippen molar-refractivity contribution in [3.05, 3.63) is 53.2 Å². The van der Waals surface area contributed by atoms with Gasteiger partial charge in [0.2, 0.25) is 5.95 Å². The van der Waals surface area contributed by atoms with Crippen molar-refractivity contribution in [1.29, 1.82) is 0 Å². The zero-order chi connectivity index (χ0) is 16.4. The van der Waals surface area contributed by atoms with Gasteiger partial charge in [0.15, 0.2) is 5.82 Å². The average Bonchev–Trinajstić information content (AvgIpc) is 2.53. The fourth-order valence-electron chi connectivity index (χ4n) is 2.34. The number of hydrogen-bond donors (Lipinski definition) is 2. The van der Waals surface area contributed by atoms with E-state index in [0.717, 1.165) is 11.3 Å². The molecule has 0 radical (unpaired) electrons. The summed E-state index contributed by atoms with van der Waals surface area (Å²) in [5.41, 5.74) is 15.9. The summed E-state index contributed by atoms with van der Waals surface area (Å²) in [6.45, 7) is 4.37. The molecule has 0 saturated carbocycles. The van der Waals surface area contributed by atoms with Gasteiger partial charge in [0.1, 0.15) is 5.52 Å². The van der Waals surface area contributed by atoms with E-state index in [9.17, 15) is 0 Å². The minimum atomic E-state index is 0.158. The third-order valence-electron chi connectivity index (χ3n) is 3.66. The monoisotopic (exact) mass is 305 g/mol. The number of aromatic nitrogens is 3. The molecule has 4 N–H and O–H groups in total. The second-order valence-corrected chi connectivity index (χ2v) is 5.73. The largest absolute Gasteiger partial charge is 0.382 e. The summed E-state index contributed by atoms with van der Waals surface area (Å²) >= 11 is 0. The van der Waals surface area contributed by atoms with E-state index in [1.165, 1.54) is 5.56 Å². The number of fused-ring (bicyclic) bond motifs is 1.